The van der Waals surface area contributed by atoms with E-state index in [4.69, 9.17) is 15.2 Å². The maximum atomic E-state index is 12.6. The average molecular weight is 319 g/mol. The zero-order chi connectivity index (χ0) is 14.4. The standard InChI is InChI=1S/C15H26N2O3.ClH/c1-14(2)11(10-4-3-7-20-12(10)14)17-13(18)15(16)5-8-19-9-6-15;/h10-12H,3-9,16H2,1-2H3,(H,17,18);1H. The number of halogens is 1. The van der Waals surface area contributed by atoms with Gasteiger partial charge in [-0.15, -0.1) is 12.4 Å². The molecule has 3 atom stereocenters. The molecule has 122 valence electrons. The fraction of sp³-hybridized carbons (Fsp3) is 0.933. The lowest BCUT2D eigenvalue weighted by atomic mass is 9.55. The summed E-state index contributed by atoms with van der Waals surface area (Å²) >= 11 is 0. The number of hydrogen-bond acceptors (Lipinski definition) is 4. The third-order valence-corrected chi connectivity index (χ3v) is 5.45. The van der Waals surface area contributed by atoms with Crippen molar-refractivity contribution in [2.45, 2.75) is 57.2 Å². The molecule has 0 aromatic heterocycles. The number of nitrogens with one attached hydrogen (secondary N) is 1. The molecule has 2 aliphatic heterocycles. The van der Waals surface area contributed by atoms with Crippen LogP contribution in [0.15, 0.2) is 0 Å². The summed E-state index contributed by atoms with van der Waals surface area (Å²) in [6.07, 6.45) is 3.72. The van der Waals surface area contributed by atoms with Crippen LogP contribution in [0, 0.1) is 11.3 Å². The first kappa shape index (κ1) is 17.0. The molecule has 0 spiro atoms. The van der Waals surface area contributed by atoms with E-state index >= 15 is 0 Å². The van der Waals surface area contributed by atoms with Crippen LogP contribution in [0.25, 0.3) is 0 Å². The van der Waals surface area contributed by atoms with Gasteiger partial charge < -0.3 is 20.5 Å². The molecule has 0 bridgehead atoms. The van der Waals surface area contributed by atoms with Crippen molar-refractivity contribution in [1.29, 1.82) is 0 Å². The fourth-order valence-electron chi connectivity index (χ4n) is 4.06. The van der Waals surface area contributed by atoms with Gasteiger partial charge in [0.15, 0.2) is 0 Å². The quantitative estimate of drug-likeness (QED) is 0.803. The Balaban J connectivity index is 0.00000161. The molecule has 1 amide bonds. The molecule has 1 saturated carbocycles. The van der Waals surface area contributed by atoms with Crippen LogP contribution < -0.4 is 11.1 Å². The van der Waals surface area contributed by atoms with E-state index in [-0.39, 0.29) is 35.9 Å². The van der Waals surface area contributed by atoms with Gasteiger partial charge in [-0.2, -0.15) is 0 Å². The maximum Gasteiger partial charge on any atom is 0.240 e. The molecule has 6 heteroatoms. The Bertz CT molecular complexity index is 396. The van der Waals surface area contributed by atoms with E-state index in [1.54, 1.807) is 0 Å². The van der Waals surface area contributed by atoms with Crippen LogP contribution in [0.3, 0.4) is 0 Å². The summed E-state index contributed by atoms with van der Waals surface area (Å²) in [6, 6.07) is 0.184. The lowest BCUT2D eigenvalue weighted by Gasteiger charge is -2.60. The van der Waals surface area contributed by atoms with Crippen molar-refractivity contribution < 1.29 is 14.3 Å². The molecule has 3 N–H and O–H groups in total. The van der Waals surface area contributed by atoms with Crippen molar-refractivity contribution in [3.05, 3.63) is 0 Å². The van der Waals surface area contributed by atoms with Crippen molar-refractivity contribution in [1.82, 2.24) is 5.32 Å². The van der Waals surface area contributed by atoms with E-state index in [2.05, 4.69) is 19.2 Å². The topological polar surface area (TPSA) is 73.6 Å². The average Bonchev–Trinajstić information content (AvgIpc) is 2.45. The van der Waals surface area contributed by atoms with E-state index in [1.807, 2.05) is 0 Å². The zero-order valence-corrected chi connectivity index (χ0v) is 13.7. The maximum absolute atomic E-state index is 12.6. The Morgan fingerprint density at radius 1 is 1.24 bits per heavy atom. The van der Waals surface area contributed by atoms with E-state index < -0.39 is 5.54 Å². The number of rotatable bonds is 2. The molecule has 21 heavy (non-hydrogen) atoms. The largest absolute Gasteiger partial charge is 0.381 e. The first-order chi connectivity index (χ1) is 9.45. The third-order valence-electron chi connectivity index (χ3n) is 5.45. The minimum atomic E-state index is -0.755. The van der Waals surface area contributed by atoms with Gasteiger partial charge >= 0.3 is 0 Å². The summed E-state index contributed by atoms with van der Waals surface area (Å²) in [5.41, 5.74) is 5.51. The number of carbonyl (C=O) groups excluding carboxylic acids is 1. The summed E-state index contributed by atoms with van der Waals surface area (Å²) < 4.78 is 11.2. The van der Waals surface area contributed by atoms with Crippen LogP contribution in [-0.2, 0) is 14.3 Å². The number of ether oxygens (including phenoxy) is 2. The van der Waals surface area contributed by atoms with Gasteiger partial charge in [0.2, 0.25) is 5.91 Å². The normalized spacial score (nSPS) is 36.6. The molecular weight excluding hydrogens is 292 g/mol. The molecule has 3 aliphatic rings. The van der Waals surface area contributed by atoms with Crippen LogP contribution in [0.1, 0.15) is 39.5 Å². The smallest absolute Gasteiger partial charge is 0.240 e. The van der Waals surface area contributed by atoms with Crippen molar-refractivity contribution >= 4 is 18.3 Å². The van der Waals surface area contributed by atoms with Crippen molar-refractivity contribution in [3.63, 3.8) is 0 Å². The molecule has 2 heterocycles. The van der Waals surface area contributed by atoms with Crippen molar-refractivity contribution in [2.75, 3.05) is 19.8 Å². The highest BCUT2D eigenvalue weighted by Crippen LogP contribution is 2.51. The lowest BCUT2D eigenvalue weighted by molar-refractivity contribution is -0.195. The predicted molar refractivity (Wildman–Crippen MR) is 82.4 cm³/mol. The molecule has 1 aliphatic carbocycles. The molecule has 0 aromatic rings. The summed E-state index contributed by atoms with van der Waals surface area (Å²) in [6.45, 7) is 6.36. The van der Waals surface area contributed by atoms with Gasteiger partial charge in [0.1, 0.15) is 0 Å². The van der Waals surface area contributed by atoms with Gasteiger partial charge in [-0.25, -0.2) is 0 Å². The lowest BCUT2D eigenvalue weighted by Crippen LogP contribution is -2.72. The Labute approximate surface area is 132 Å². The van der Waals surface area contributed by atoms with Gasteiger partial charge in [0.25, 0.3) is 0 Å². The summed E-state index contributed by atoms with van der Waals surface area (Å²) in [7, 11) is 0. The van der Waals surface area contributed by atoms with E-state index in [1.165, 1.54) is 0 Å². The highest BCUT2D eigenvalue weighted by molar-refractivity contribution is 5.86. The van der Waals surface area contributed by atoms with E-state index in [9.17, 15) is 4.79 Å². The Morgan fingerprint density at radius 3 is 2.57 bits per heavy atom. The molecular formula is C15H27ClN2O3. The molecule has 3 unspecified atom stereocenters. The third kappa shape index (κ3) is 2.81. The summed E-state index contributed by atoms with van der Waals surface area (Å²) in [5.74, 6) is 0.439. The van der Waals surface area contributed by atoms with Crippen LogP contribution in [0.2, 0.25) is 0 Å². The summed E-state index contributed by atoms with van der Waals surface area (Å²) in [4.78, 5) is 12.6. The van der Waals surface area contributed by atoms with Crippen LogP contribution in [0.5, 0.6) is 0 Å². The Morgan fingerprint density at radius 2 is 1.90 bits per heavy atom. The highest BCUT2D eigenvalue weighted by atomic mass is 35.5. The Hall–Kier alpha value is -0.360. The number of carbonyl (C=O) groups is 1. The fourth-order valence-corrected chi connectivity index (χ4v) is 4.06. The molecule has 3 fully saturated rings. The second kappa shape index (κ2) is 6.03. The van der Waals surface area contributed by atoms with Crippen molar-refractivity contribution in [3.8, 4) is 0 Å². The molecule has 0 radical (unpaired) electrons. The molecule has 2 saturated heterocycles. The van der Waals surface area contributed by atoms with Gasteiger partial charge in [0, 0.05) is 37.2 Å². The van der Waals surface area contributed by atoms with Gasteiger partial charge in [-0.05, 0) is 25.7 Å². The van der Waals surface area contributed by atoms with Crippen LogP contribution in [0.4, 0.5) is 0 Å². The van der Waals surface area contributed by atoms with Crippen LogP contribution >= 0.6 is 12.4 Å². The Kier molecular flexibility index (Phi) is 4.88. The molecule has 3 rings (SSSR count). The number of fused-ring (bicyclic) bond motifs is 1. The molecule has 5 nitrogen and oxygen atoms in total. The molecule has 0 aromatic carbocycles. The van der Waals surface area contributed by atoms with Gasteiger partial charge in [-0.3, -0.25) is 4.79 Å². The highest BCUT2D eigenvalue weighted by Gasteiger charge is 2.59. The summed E-state index contributed by atoms with van der Waals surface area (Å²) in [5, 5.41) is 3.22. The zero-order valence-electron chi connectivity index (χ0n) is 12.9. The monoisotopic (exact) mass is 318 g/mol. The number of amides is 1. The number of nitrogens with two attached hydrogens (primary N) is 1. The second-order valence-electron chi connectivity index (χ2n) is 7.14. The SMILES string of the molecule is CC1(C)C(NC(=O)C2(N)CCOCC2)C2CCCOC21.Cl. The second-order valence-corrected chi connectivity index (χ2v) is 7.14. The van der Waals surface area contributed by atoms with Gasteiger partial charge in [0.05, 0.1) is 11.6 Å². The first-order valence-corrected chi connectivity index (χ1v) is 7.74. The van der Waals surface area contributed by atoms with Crippen molar-refractivity contribution in [2.24, 2.45) is 17.1 Å². The number of hydrogen-bond donors (Lipinski definition) is 2. The van der Waals surface area contributed by atoms with E-state index in [0.717, 1.165) is 19.4 Å². The first-order valence-electron chi connectivity index (χ1n) is 7.74. The van der Waals surface area contributed by atoms with E-state index in [0.29, 0.717) is 32.0 Å². The predicted octanol–water partition coefficient (Wildman–Crippen LogP) is 1.24. The van der Waals surface area contributed by atoms with Gasteiger partial charge in [-0.1, -0.05) is 13.8 Å². The minimum Gasteiger partial charge on any atom is -0.381 e. The van der Waals surface area contributed by atoms with Crippen LogP contribution in [-0.4, -0.2) is 43.4 Å². The minimum absolute atomic E-state index is 0.